The number of rotatable bonds is 12. The Labute approximate surface area is 269 Å². The fourth-order valence-corrected chi connectivity index (χ4v) is 5.81. The second kappa shape index (κ2) is 15.2. The lowest BCUT2D eigenvalue weighted by atomic mass is 9.99. The van der Waals surface area contributed by atoms with Gasteiger partial charge in [-0.2, -0.15) is 0 Å². The van der Waals surface area contributed by atoms with Crippen LogP contribution < -0.4 is 0 Å². The minimum atomic E-state index is 0.994. The number of aryl methyl sites for hydroxylation is 5. The summed E-state index contributed by atoms with van der Waals surface area (Å²) in [5.41, 5.74) is 14.7. The van der Waals surface area contributed by atoms with Crippen molar-refractivity contribution >= 4 is 12.2 Å². The zero-order chi connectivity index (χ0) is 30.7. The lowest BCUT2D eigenvalue weighted by molar-refractivity contribution is 0.958. The van der Waals surface area contributed by atoms with Crippen LogP contribution in [0.5, 0.6) is 0 Å². The largest absolute Gasteiger partial charge is 0.0622 e. The summed E-state index contributed by atoms with van der Waals surface area (Å²) in [6.45, 7) is 2.20. The molecule has 0 amide bonds. The molecule has 0 saturated heterocycles. The van der Waals surface area contributed by atoms with Crippen LogP contribution in [0.2, 0.25) is 0 Å². The van der Waals surface area contributed by atoms with Crippen LogP contribution in [-0.4, -0.2) is 0 Å². The maximum atomic E-state index is 2.29. The number of hydrogen-bond acceptors (Lipinski definition) is 0. The summed E-state index contributed by atoms with van der Waals surface area (Å²) in [5, 5.41) is 0. The number of benzene rings is 6. The summed E-state index contributed by atoms with van der Waals surface area (Å²) in [4.78, 5) is 0. The van der Waals surface area contributed by atoms with Gasteiger partial charge in [0.05, 0.1) is 0 Å². The molecule has 0 fully saturated rings. The van der Waals surface area contributed by atoms with E-state index >= 15 is 0 Å². The van der Waals surface area contributed by atoms with Crippen molar-refractivity contribution in [2.45, 2.75) is 45.4 Å². The average Bonchev–Trinajstić information content (AvgIpc) is 3.11. The van der Waals surface area contributed by atoms with Crippen LogP contribution in [0, 0.1) is 0 Å². The molecule has 0 saturated carbocycles. The molecule has 0 atom stereocenters. The Morgan fingerprint density at radius 2 is 0.667 bits per heavy atom. The molecule has 6 rings (SSSR count). The van der Waals surface area contributed by atoms with Gasteiger partial charge in [0.2, 0.25) is 0 Å². The monoisotopic (exact) mass is 582 g/mol. The molecule has 0 unspecified atom stereocenters. The van der Waals surface area contributed by atoms with Crippen LogP contribution in [0.4, 0.5) is 0 Å². The van der Waals surface area contributed by atoms with Crippen molar-refractivity contribution in [2.24, 2.45) is 0 Å². The third-order valence-electron chi connectivity index (χ3n) is 8.76. The molecule has 0 aliphatic carbocycles. The molecule has 0 bridgehead atoms. The van der Waals surface area contributed by atoms with Gasteiger partial charge in [0.1, 0.15) is 0 Å². The van der Waals surface area contributed by atoms with Gasteiger partial charge in [-0.15, -0.1) is 0 Å². The fraction of sp³-hybridized carbons (Fsp3) is 0.156. The maximum Gasteiger partial charge on any atom is -0.00258 e. The van der Waals surface area contributed by atoms with Gasteiger partial charge < -0.3 is 0 Å². The predicted molar refractivity (Wildman–Crippen MR) is 194 cm³/mol. The average molecular weight is 583 g/mol. The topological polar surface area (TPSA) is 0 Å². The van der Waals surface area contributed by atoms with Gasteiger partial charge in [-0.05, 0) is 99.7 Å². The first kappa shape index (κ1) is 30.1. The molecule has 0 radical (unpaired) electrons. The Morgan fingerprint density at radius 1 is 0.333 bits per heavy atom. The van der Waals surface area contributed by atoms with Gasteiger partial charge in [-0.3, -0.25) is 0 Å². The Morgan fingerprint density at radius 3 is 1.09 bits per heavy atom. The van der Waals surface area contributed by atoms with Crippen molar-refractivity contribution in [3.05, 3.63) is 202 Å². The van der Waals surface area contributed by atoms with Crippen LogP contribution in [0.3, 0.4) is 0 Å². The van der Waals surface area contributed by atoms with Crippen LogP contribution in [-0.2, 0) is 38.5 Å². The fourth-order valence-electron chi connectivity index (χ4n) is 5.81. The van der Waals surface area contributed by atoms with Crippen molar-refractivity contribution in [3.63, 3.8) is 0 Å². The van der Waals surface area contributed by atoms with Crippen molar-refractivity contribution in [1.82, 2.24) is 0 Å². The third-order valence-corrected chi connectivity index (χ3v) is 8.76. The highest BCUT2D eigenvalue weighted by atomic mass is 14.1. The SMILES string of the molecule is CCc1ccc(Cc2ccc(CCc3ccc(/C=C/c4ccc(CCc5ccc(-c6ccccc6)cc5)cc4)cc3)cc2)cc1. The molecule has 6 aromatic rings. The Balaban J connectivity index is 0.946. The maximum absolute atomic E-state index is 2.29. The first-order chi connectivity index (χ1) is 22.2. The van der Waals surface area contributed by atoms with E-state index < -0.39 is 0 Å². The molecule has 45 heavy (non-hydrogen) atoms. The highest BCUT2D eigenvalue weighted by Crippen LogP contribution is 2.21. The summed E-state index contributed by atoms with van der Waals surface area (Å²) in [6.07, 6.45) is 10.7. The number of hydrogen-bond donors (Lipinski definition) is 0. The molecule has 0 spiro atoms. The van der Waals surface area contributed by atoms with Crippen molar-refractivity contribution in [3.8, 4) is 11.1 Å². The molecule has 0 N–H and O–H groups in total. The lowest BCUT2D eigenvalue weighted by Gasteiger charge is -2.07. The first-order valence-electron chi connectivity index (χ1n) is 16.4. The summed E-state index contributed by atoms with van der Waals surface area (Å²) in [6, 6.07) is 55.7. The third kappa shape index (κ3) is 8.80. The summed E-state index contributed by atoms with van der Waals surface area (Å²) in [7, 11) is 0. The Hall–Kier alpha value is -4.94. The highest BCUT2D eigenvalue weighted by Gasteiger charge is 2.02. The second-order valence-electron chi connectivity index (χ2n) is 12.0. The normalized spacial score (nSPS) is 11.2. The lowest BCUT2D eigenvalue weighted by Crippen LogP contribution is -1.93. The van der Waals surface area contributed by atoms with Crippen molar-refractivity contribution in [1.29, 1.82) is 0 Å². The van der Waals surface area contributed by atoms with Gasteiger partial charge >= 0.3 is 0 Å². The van der Waals surface area contributed by atoms with E-state index in [9.17, 15) is 0 Å². The summed E-state index contributed by atoms with van der Waals surface area (Å²) < 4.78 is 0. The Bertz CT molecular complexity index is 1770. The molecule has 222 valence electrons. The molecule has 0 nitrogen and oxygen atoms in total. The molecule has 0 aromatic heterocycles. The van der Waals surface area contributed by atoms with E-state index in [2.05, 4.69) is 171 Å². The van der Waals surface area contributed by atoms with E-state index in [1.165, 1.54) is 61.2 Å². The molecule has 0 aliphatic heterocycles. The predicted octanol–water partition coefficient (Wildman–Crippen LogP) is 11.2. The molecular formula is C45H42. The molecular weight excluding hydrogens is 540 g/mol. The van der Waals surface area contributed by atoms with Gasteiger partial charge in [-0.1, -0.05) is 171 Å². The van der Waals surface area contributed by atoms with Gasteiger partial charge in [-0.25, -0.2) is 0 Å². The van der Waals surface area contributed by atoms with Crippen molar-refractivity contribution in [2.75, 3.05) is 0 Å². The molecule has 0 aliphatic rings. The molecule has 0 heterocycles. The van der Waals surface area contributed by atoms with Crippen LogP contribution in [0.15, 0.2) is 152 Å². The minimum absolute atomic E-state index is 0.994. The first-order valence-corrected chi connectivity index (χ1v) is 16.4. The van der Waals surface area contributed by atoms with Gasteiger partial charge in [0.15, 0.2) is 0 Å². The van der Waals surface area contributed by atoms with Crippen LogP contribution in [0.25, 0.3) is 23.3 Å². The Kier molecular flexibility index (Phi) is 10.2. The van der Waals surface area contributed by atoms with E-state index in [0.717, 1.165) is 38.5 Å². The van der Waals surface area contributed by atoms with E-state index in [4.69, 9.17) is 0 Å². The second-order valence-corrected chi connectivity index (χ2v) is 12.0. The quantitative estimate of drug-likeness (QED) is 0.126. The van der Waals surface area contributed by atoms with Crippen LogP contribution in [0.1, 0.15) is 57.0 Å². The standard InChI is InChI=1S/C45H42/c1-2-35-8-26-42(27-9-35)34-43-28-24-40(25-29-43)21-20-38-14-12-36(13-15-38)10-11-37-16-18-39(19-17-37)22-23-41-30-32-45(33-31-41)44-6-4-3-5-7-44/h3-19,24-33H,2,20-23,34H2,1H3/b11-10+. The van der Waals surface area contributed by atoms with Crippen molar-refractivity contribution < 1.29 is 0 Å². The molecule has 6 aromatic carbocycles. The van der Waals surface area contributed by atoms with Crippen LogP contribution >= 0.6 is 0 Å². The zero-order valence-corrected chi connectivity index (χ0v) is 26.3. The minimum Gasteiger partial charge on any atom is -0.0622 e. The van der Waals surface area contributed by atoms with E-state index in [-0.39, 0.29) is 0 Å². The zero-order valence-electron chi connectivity index (χ0n) is 26.3. The smallest absolute Gasteiger partial charge is 0.00258 e. The van der Waals surface area contributed by atoms with Gasteiger partial charge in [0, 0.05) is 0 Å². The van der Waals surface area contributed by atoms with E-state index in [0.29, 0.717) is 0 Å². The van der Waals surface area contributed by atoms with E-state index in [1.54, 1.807) is 0 Å². The highest BCUT2D eigenvalue weighted by molar-refractivity contribution is 5.69. The summed E-state index contributed by atoms with van der Waals surface area (Å²) in [5.74, 6) is 0. The van der Waals surface area contributed by atoms with E-state index in [1.807, 2.05) is 0 Å². The molecule has 0 heteroatoms. The van der Waals surface area contributed by atoms with Gasteiger partial charge in [0.25, 0.3) is 0 Å². The summed E-state index contributed by atoms with van der Waals surface area (Å²) >= 11 is 0.